The van der Waals surface area contributed by atoms with Gasteiger partial charge < -0.3 is 5.32 Å². The molecule has 1 N–H and O–H groups in total. The fraction of sp³-hybridized carbons (Fsp3) is 0.538. The van der Waals surface area contributed by atoms with E-state index in [4.69, 9.17) is 0 Å². The van der Waals surface area contributed by atoms with Crippen LogP contribution in [0.4, 0.5) is 13.2 Å². The van der Waals surface area contributed by atoms with Crippen molar-refractivity contribution in [3.63, 3.8) is 0 Å². The van der Waals surface area contributed by atoms with Gasteiger partial charge >= 0.3 is 0 Å². The molecule has 0 radical (unpaired) electrons. The first-order chi connectivity index (χ1) is 8.11. The van der Waals surface area contributed by atoms with Gasteiger partial charge in [0.05, 0.1) is 5.56 Å². The predicted molar refractivity (Wildman–Crippen MR) is 60.5 cm³/mol. The molecular formula is C13H16F3N. The van der Waals surface area contributed by atoms with Gasteiger partial charge in [0.15, 0.2) is 0 Å². The second-order valence-corrected chi connectivity index (χ2v) is 4.60. The maximum Gasteiger partial charge on any atom is 0.135 e. The van der Waals surface area contributed by atoms with Crippen LogP contribution in [0.3, 0.4) is 0 Å². The van der Waals surface area contributed by atoms with Crippen molar-refractivity contribution >= 4 is 0 Å². The average Bonchev–Trinajstić information content (AvgIpc) is 2.35. The highest BCUT2D eigenvalue weighted by Gasteiger charge is 2.29. The first kappa shape index (κ1) is 12.4. The van der Waals surface area contributed by atoms with E-state index in [1.165, 1.54) is 13.0 Å². The number of benzene rings is 1. The third-order valence-electron chi connectivity index (χ3n) is 3.34. The smallest absolute Gasteiger partial charge is 0.135 e. The standard InChI is InChI=1S/C13H16F3N/c1-8-4-5-10(14)11(12(8)15)13(16)9-3-2-6-17-7-9/h4-5,9,13,17H,2-3,6-7H2,1H3. The number of hydrogen-bond acceptors (Lipinski definition) is 1. The molecule has 94 valence electrons. The molecule has 1 aromatic rings. The van der Waals surface area contributed by atoms with E-state index in [0.29, 0.717) is 13.0 Å². The highest BCUT2D eigenvalue weighted by molar-refractivity contribution is 5.29. The van der Waals surface area contributed by atoms with Gasteiger partial charge in [-0.1, -0.05) is 6.07 Å². The Morgan fingerprint density at radius 3 is 2.76 bits per heavy atom. The first-order valence-corrected chi connectivity index (χ1v) is 5.90. The molecule has 2 atom stereocenters. The molecule has 0 aromatic heterocycles. The number of nitrogens with one attached hydrogen (secondary N) is 1. The van der Waals surface area contributed by atoms with Crippen LogP contribution in [0.25, 0.3) is 0 Å². The van der Waals surface area contributed by atoms with Gasteiger partial charge in [-0.05, 0) is 37.9 Å². The summed E-state index contributed by atoms with van der Waals surface area (Å²) in [4.78, 5) is 0. The molecule has 1 saturated heterocycles. The zero-order chi connectivity index (χ0) is 12.4. The Hall–Kier alpha value is -1.03. The topological polar surface area (TPSA) is 12.0 Å². The van der Waals surface area contributed by atoms with E-state index in [0.717, 1.165) is 19.0 Å². The lowest BCUT2D eigenvalue weighted by Crippen LogP contribution is -2.32. The van der Waals surface area contributed by atoms with Gasteiger partial charge in [0.1, 0.15) is 17.8 Å². The molecule has 0 saturated carbocycles. The molecule has 0 bridgehead atoms. The molecule has 0 aliphatic carbocycles. The number of alkyl halides is 1. The fourth-order valence-electron chi connectivity index (χ4n) is 2.30. The van der Waals surface area contributed by atoms with Crippen LogP contribution >= 0.6 is 0 Å². The lowest BCUT2D eigenvalue weighted by molar-refractivity contribution is 0.184. The molecule has 0 spiro atoms. The SMILES string of the molecule is Cc1ccc(F)c(C(F)C2CCCNC2)c1F. The summed E-state index contributed by atoms with van der Waals surface area (Å²) in [6.45, 7) is 2.85. The van der Waals surface area contributed by atoms with E-state index < -0.39 is 23.4 Å². The van der Waals surface area contributed by atoms with E-state index >= 15 is 0 Å². The van der Waals surface area contributed by atoms with E-state index in [1.54, 1.807) is 0 Å². The van der Waals surface area contributed by atoms with Crippen molar-refractivity contribution < 1.29 is 13.2 Å². The molecule has 1 nitrogen and oxygen atoms in total. The van der Waals surface area contributed by atoms with Crippen LogP contribution in [0.2, 0.25) is 0 Å². The third-order valence-corrected chi connectivity index (χ3v) is 3.34. The average molecular weight is 243 g/mol. The molecule has 1 fully saturated rings. The predicted octanol–water partition coefficient (Wildman–Crippen LogP) is 3.28. The Balaban J connectivity index is 2.29. The summed E-state index contributed by atoms with van der Waals surface area (Å²) in [5.74, 6) is -1.87. The summed E-state index contributed by atoms with van der Waals surface area (Å²) < 4.78 is 41.5. The van der Waals surface area contributed by atoms with E-state index in [9.17, 15) is 13.2 Å². The zero-order valence-corrected chi connectivity index (χ0v) is 9.77. The Morgan fingerprint density at radius 2 is 2.12 bits per heavy atom. The monoisotopic (exact) mass is 243 g/mol. The van der Waals surface area contributed by atoms with E-state index in [-0.39, 0.29) is 11.5 Å². The van der Waals surface area contributed by atoms with Gasteiger partial charge in [-0.15, -0.1) is 0 Å². The highest BCUT2D eigenvalue weighted by atomic mass is 19.2. The normalized spacial score (nSPS) is 22.5. The van der Waals surface area contributed by atoms with Crippen LogP contribution in [0, 0.1) is 24.5 Å². The van der Waals surface area contributed by atoms with Gasteiger partial charge in [0, 0.05) is 12.5 Å². The van der Waals surface area contributed by atoms with Crippen molar-refractivity contribution in [1.82, 2.24) is 5.32 Å². The summed E-state index contributed by atoms with van der Waals surface area (Å²) in [6, 6.07) is 2.47. The lowest BCUT2D eigenvalue weighted by Gasteiger charge is -2.26. The molecule has 0 amide bonds. The van der Waals surface area contributed by atoms with Crippen molar-refractivity contribution in [2.45, 2.75) is 25.9 Å². The number of piperidine rings is 1. The summed E-state index contributed by atoms with van der Waals surface area (Å²) >= 11 is 0. The fourth-order valence-corrected chi connectivity index (χ4v) is 2.30. The molecule has 1 aliphatic heterocycles. The highest BCUT2D eigenvalue weighted by Crippen LogP contribution is 2.34. The van der Waals surface area contributed by atoms with Crippen molar-refractivity contribution in [1.29, 1.82) is 0 Å². The van der Waals surface area contributed by atoms with E-state index in [2.05, 4.69) is 5.32 Å². The minimum absolute atomic E-state index is 0.285. The second kappa shape index (κ2) is 5.08. The summed E-state index contributed by atoms with van der Waals surface area (Å²) in [5.41, 5.74) is -0.119. The number of rotatable bonds is 2. The second-order valence-electron chi connectivity index (χ2n) is 4.60. The van der Waals surface area contributed by atoms with Crippen molar-refractivity contribution in [2.24, 2.45) is 5.92 Å². The number of halogens is 3. The molecule has 4 heteroatoms. The van der Waals surface area contributed by atoms with Crippen molar-refractivity contribution in [3.05, 3.63) is 34.9 Å². The van der Waals surface area contributed by atoms with Crippen molar-refractivity contribution in [3.8, 4) is 0 Å². The van der Waals surface area contributed by atoms with Crippen LogP contribution in [0.15, 0.2) is 12.1 Å². The maximum absolute atomic E-state index is 14.2. The number of aryl methyl sites for hydroxylation is 1. The third kappa shape index (κ3) is 2.46. The zero-order valence-electron chi connectivity index (χ0n) is 9.77. The maximum atomic E-state index is 14.2. The Bertz CT molecular complexity index is 400. The lowest BCUT2D eigenvalue weighted by atomic mass is 9.89. The van der Waals surface area contributed by atoms with Gasteiger partial charge in [0.2, 0.25) is 0 Å². The molecule has 1 aromatic carbocycles. The molecular weight excluding hydrogens is 227 g/mol. The Morgan fingerprint density at radius 1 is 1.35 bits per heavy atom. The minimum Gasteiger partial charge on any atom is -0.316 e. The Kier molecular flexibility index (Phi) is 3.72. The largest absolute Gasteiger partial charge is 0.316 e. The number of hydrogen-bond donors (Lipinski definition) is 1. The summed E-state index contributed by atoms with van der Waals surface area (Å²) in [7, 11) is 0. The molecule has 2 unspecified atom stereocenters. The van der Waals surface area contributed by atoms with Crippen molar-refractivity contribution in [2.75, 3.05) is 13.1 Å². The minimum atomic E-state index is -1.57. The molecule has 17 heavy (non-hydrogen) atoms. The van der Waals surface area contributed by atoms with E-state index in [1.807, 2.05) is 0 Å². The van der Waals surface area contributed by atoms with Crippen LogP contribution in [-0.2, 0) is 0 Å². The first-order valence-electron chi connectivity index (χ1n) is 5.90. The molecule has 1 aliphatic rings. The van der Waals surface area contributed by atoms with Gasteiger partial charge in [-0.3, -0.25) is 0 Å². The quantitative estimate of drug-likeness (QED) is 0.840. The van der Waals surface area contributed by atoms with Gasteiger partial charge in [-0.25, -0.2) is 13.2 Å². The Labute approximate surface area is 99.0 Å². The van der Waals surface area contributed by atoms with Crippen LogP contribution in [0.1, 0.15) is 30.1 Å². The molecule has 2 rings (SSSR count). The summed E-state index contributed by atoms with van der Waals surface area (Å²) in [6.07, 6.45) is -0.0519. The van der Waals surface area contributed by atoms with Crippen LogP contribution in [-0.4, -0.2) is 13.1 Å². The van der Waals surface area contributed by atoms with Crippen LogP contribution in [0.5, 0.6) is 0 Å². The summed E-state index contributed by atoms with van der Waals surface area (Å²) in [5, 5.41) is 3.05. The van der Waals surface area contributed by atoms with Crippen LogP contribution < -0.4 is 5.32 Å². The van der Waals surface area contributed by atoms with Gasteiger partial charge in [0.25, 0.3) is 0 Å². The van der Waals surface area contributed by atoms with Gasteiger partial charge in [-0.2, -0.15) is 0 Å². The molecule has 1 heterocycles.